The Morgan fingerprint density at radius 2 is 0.637 bits per heavy atom. The zero-order valence-electron chi connectivity index (χ0n) is 51.5. The molecule has 0 rings (SSSR count). The first-order valence-corrected chi connectivity index (χ1v) is 34.9. The lowest BCUT2D eigenvalue weighted by molar-refractivity contribution is -0.161. The standard InChI is InChI=1S/C61H118O17P2/c1-8-11-12-13-18-28-35-42-58(63)71-48-57(78-61(66)45-38-31-24-23-27-34-41-54(7)10-3)51-76-80(69,70)74-47-55(62)46-73-79(67,68)75-50-56(49-72-59(64)43-36-29-21-16-14-19-25-32-39-52(4)5)77-60(65)44-37-30-22-17-15-20-26-33-40-53(6)9-2/h52-57,62H,8-51H2,1-7H3,(H,67,68)(H,69,70)/t53?,54?,55-,56-,57-/m1/s1. The number of rotatable bonds is 59. The van der Waals surface area contributed by atoms with E-state index in [1.165, 1.54) is 89.9 Å². The molecule has 0 aliphatic heterocycles. The van der Waals surface area contributed by atoms with Crippen LogP contribution in [-0.2, 0) is 65.4 Å². The van der Waals surface area contributed by atoms with Crippen LogP contribution >= 0.6 is 15.6 Å². The van der Waals surface area contributed by atoms with Crippen LogP contribution in [0.4, 0.5) is 0 Å². The van der Waals surface area contributed by atoms with Gasteiger partial charge < -0.3 is 33.8 Å². The SMILES string of the molecule is CCCCCCCCCC(=O)OC[C@H](COP(=O)(O)OC[C@H](O)COP(=O)(O)OC[C@@H](COC(=O)CCCCCCCCCCC(C)C)OC(=O)CCCCCCCCCCC(C)CC)OC(=O)CCCCCCCCC(C)CC. The number of ether oxygens (including phenoxy) is 4. The fraction of sp³-hybridized carbons (Fsp3) is 0.934. The van der Waals surface area contributed by atoms with Crippen LogP contribution in [0.5, 0.6) is 0 Å². The van der Waals surface area contributed by atoms with Gasteiger partial charge in [0.05, 0.1) is 26.4 Å². The number of hydrogen-bond donors (Lipinski definition) is 3. The maximum atomic E-state index is 12.9. The third-order valence-corrected chi connectivity index (χ3v) is 16.5. The van der Waals surface area contributed by atoms with Crippen molar-refractivity contribution in [2.75, 3.05) is 39.6 Å². The summed E-state index contributed by atoms with van der Waals surface area (Å²) in [6.45, 7) is 11.6. The predicted molar refractivity (Wildman–Crippen MR) is 317 cm³/mol. The maximum Gasteiger partial charge on any atom is 0.472 e. The number of carbonyl (C=O) groups is 4. The fourth-order valence-corrected chi connectivity index (χ4v) is 10.5. The molecule has 17 nitrogen and oxygen atoms in total. The number of unbranched alkanes of at least 4 members (excludes halogenated alkanes) is 25. The Bertz CT molecular complexity index is 1600. The number of phosphoric acid groups is 2. The molecule has 3 N–H and O–H groups in total. The zero-order chi connectivity index (χ0) is 59.5. The second-order valence-corrected chi connectivity index (χ2v) is 26.0. The van der Waals surface area contributed by atoms with Crippen LogP contribution in [0, 0.1) is 17.8 Å². The molecule has 7 atom stereocenters. The summed E-state index contributed by atoms with van der Waals surface area (Å²) < 4.78 is 67.8. The third-order valence-electron chi connectivity index (χ3n) is 14.6. The Labute approximate surface area is 486 Å². The minimum Gasteiger partial charge on any atom is -0.462 e. The molecule has 0 heterocycles. The number of hydrogen-bond acceptors (Lipinski definition) is 15. The van der Waals surface area contributed by atoms with Gasteiger partial charge in [0.25, 0.3) is 0 Å². The highest BCUT2D eigenvalue weighted by atomic mass is 31.2. The van der Waals surface area contributed by atoms with Crippen LogP contribution in [0.15, 0.2) is 0 Å². The molecule has 474 valence electrons. The molecule has 0 aromatic carbocycles. The van der Waals surface area contributed by atoms with Gasteiger partial charge in [0.15, 0.2) is 12.2 Å². The van der Waals surface area contributed by atoms with Gasteiger partial charge in [-0.2, -0.15) is 0 Å². The van der Waals surface area contributed by atoms with Crippen LogP contribution in [0.2, 0.25) is 0 Å². The van der Waals surface area contributed by atoms with Gasteiger partial charge in [-0.1, -0.05) is 241 Å². The summed E-state index contributed by atoms with van der Waals surface area (Å²) >= 11 is 0. The van der Waals surface area contributed by atoms with Gasteiger partial charge in [0.2, 0.25) is 0 Å². The number of phosphoric ester groups is 2. The van der Waals surface area contributed by atoms with Gasteiger partial charge in [-0.25, -0.2) is 9.13 Å². The van der Waals surface area contributed by atoms with E-state index >= 15 is 0 Å². The normalized spacial score (nSPS) is 15.1. The van der Waals surface area contributed by atoms with E-state index in [0.717, 1.165) is 120 Å². The van der Waals surface area contributed by atoms with Crippen LogP contribution in [-0.4, -0.2) is 96.7 Å². The van der Waals surface area contributed by atoms with Crippen LogP contribution in [0.3, 0.4) is 0 Å². The van der Waals surface area contributed by atoms with Crippen molar-refractivity contribution < 1.29 is 80.2 Å². The third kappa shape index (κ3) is 52.8. The molecule has 0 bridgehead atoms. The summed E-state index contributed by atoms with van der Waals surface area (Å²) in [5, 5.41) is 10.5. The van der Waals surface area contributed by atoms with Gasteiger partial charge in [0, 0.05) is 25.7 Å². The highest BCUT2D eigenvalue weighted by molar-refractivity contribution is 7.47. The van der Waals surface area contributed by atoms with Crippen LogP contribution in [0.25, 0.3) is 0 Å². The van der Waals surface area contributed by atoms with Crippen molar-refractivity contribution in [3.63, 3.8) is 0 Å². The lowest BCUT2D eigenvalue weighted by atomic mass is 9.99. The van der Waals surface area contributed by atoms with Gasteiger partial charge in [-0.3, -0.25) is 37.3 Å². The summed E-state index contributed by atoms with van der Waals surface area (Å²) in [5.74, 6) is 0.0683. The fourth-order valence-electron chi connectivity index (χ4n) is 8.89. The lowest BCUT2D eigenvalue weighted by Gasteiger charge is -2.21. The average Bonchev–Trinajstić information content (AvgIpc) is 3.42. The van der Waals surface area contributed by atoms with E-state index in [1.807, 2.05) is 0 Å². The monoisotopic (exact) mass is 1180 g/mol. The number of aliphatic hydroxyl groups is 1. The molecule has 19 heteroatoms. The molecule has 0 aromatic heterocycles. The zero-order valence-corrected chi connectivity index (χ0v) is 53.3. The lowest BCUT2D eigenvalue weighted by Crippen LogP contribution is -2.30. The molecule has 0 fully saturated rings. The molecule has 4 unspecified atom stereocenters. The largest absolute Gasteiger partial charge is 0.472 e. The number of esters is 4. The Morgan fingerprint density at radius 1 is 0.362 bits per heavy atom. The molecule has 80 heavy (non-hydrogen) atoms. The van der Waals surface area contributed by atoms with Crippen LogP contribution < -0.4 is 0 Å². The summed E-state index contributed by atoms with van der Waals surface area (Å²) in [7, 11) is -9.88. The van der Waals surface area contributed by atoms with E-state index in [1.54, 1.807) is 0 Å². The van der Waals surface area contributed by atoms with Crippen molar-refractivity contribution in [1.82, 2.24) is 0 Å². The average molecular weight is 1190 g/mol. The first kappa shape index (κ1) is 78.1. The quantitative estimate of drug-likeness (QED) is 0.0222. The molecule has 0 aliphatic carbocycles. The Hall–Kier alpha value is -1.94. The van der Waals surface area contributed by atoms with E-state index in [9.17, 15) is 43.2 Å². The Kier molecular flexibility index (Phi) is 51.3. The molecule has 0 spiro atoms. The smallest absolute Gasteiger partial charge is 0.462 e. The Morgan fingerprint density at radius 3 is 0.950 bits per heavy atom. The van der Waals surface area contributed by atoms with Gasteiger partial charge >= 0.3 is 39.5 Å². The second kappa shape index (κ2) is 52.6. The highest BCUT2D eigenvalue weighted by Crippen LogP contribution is 2.45. The van der Waals surface area contributed by atoms with Crippen LogP contribution in [0.1, 0.15) is 292 Å². The van der Waals surface area contributed by atoms with E-state index < -0.39 is 97.5 Å². The van der Waals surface area contributed by atoms with Gasteiger partial charge in [-0.05, 0) is 43.4 Å². The topological polar surface area (TPSA) is 237 Å². The minimum absolute atomic E-state index is 0.102. The van der Waals surface area contributed by atoms with Crippen molar-refractivity contribution in [1.29, 1.82) is 0 Å². The van der Waals surface area contributed by atoms with Gasteiger partial charge in [-0.15, -0.1) is 0 Å². The van der Waals surface area contributed by atoms with E-state index in [2.05, 4.69) is 48.5 Å². The molecule has 0 aromatic rings. The van der Waals surface area contributed by atoms with E-state index in [-0.39, 0.29) is 25.7 Å². The molecular formula is C61H118O17P2. The number of aliphatic hydroxyl groups excluding tert-OH is 1. The second-order valence-electron chi connectivity index (χ2n) is 23.0. The van der Waals surface area contributed by atoms with Crippen molar-refractivity contribution in [3.8, 4) is 0 Å². The van der Waals surface area contributed by atoms with Crippen molar-refractivity contribution in [2.45, 2.75) is 311 Å². The molecule has 0 aliphatic rings. The summed E-state index contributed by atoms with van der Waals surface area (Å²) in [6.07, 6.45) is 32.2. The van der Waals surface area contributed by atoms with Crippen molar-refractivity contribution >= 4 is 39.5 Å². The molecule has 0 saturated carbocycles. The van der Waals surface area contributed by atoms with E-state index in [0.29, 0.717) is 25.7 Å². The summed E-state index contributed by atoms with van der Waals surface area (Å²) in [6, 6.07) is 0. The first-order valence-electron chi connectivity index (χ1n) is 31.9. The predicted octanol–water partition coefficient (Wildman–Crippen LogP) is 16.3. The maximum absolute atomic E-state index is 12.9. The molecule has 0 saturated heterocycles. The van der Waals surface area contributed by atoms with Gasteiger partial charge in [0.1, 0.15) is 19.3 Å². The van der Waals surface area contributed by atoms with E-state index in [4.69, 9.17) is 37.0 Å². The van der Waals surface area contributed by atoms with Crippen molar-refractivity contribution in [2.24, 2.45) is 17.8 Å². The van der Waals surface area contributed by atoms with Crippen molar-refractivity contribution in [3.05, 3.63) is 0 Å². The number of carbonyl (C=O) groups excluding carboxylic acids is 4. The minimum atomic E-state index is -4.94. The molecule has 0 amide bonds. The Balaban J connectivity index is 5.24. The molecular weight excluding hydrogens is 1070 g/mol. The highest BCUT2D eigenvalue weighted by Gasteiger charge is 2.30. The first-order chi connectivity index (χ1) is 38.3. The summed E-state index contributed by atoms with van der Waals surface area (Å²) in [5.41, 5.74) is 0. The summed E-state index contributed by atoms with van der Waals surface area (Å²) in [4.78, 5) is 72.0. The molecule has 0 radical (unpaired) electrons.